The zero-order valence-electron chi connectivity index (χ0n) is 15.9. The van der Waals surface area contributed by atoms with Crippen LogP contribution in [0.3, 0.4) is 0 Å². The molecule has 5 N–H and O–H groups in total. The summed E-state index contributed by atoms with van der Waals surface area (Å²) in [6.07, 6.45) is 2.56. The van der Waals surface area contributed by atoms with Gasteiger partial charge in [0.2, 0.25) is 0 Å². The second-order valence-corrected chi connectivity index (χ2v) is 7.19. The lowest BCUT2D eigenvalue weighted by atomic mass is 9.98. The molecule has 1 heterocycles. The third-order valence-electron chi connectivity index (χ3n) is 4.74. The Kier molecular flexibility index (Phi) is 5.92. The van der Waals surface area contributed by atoms with Crippen LogP contribution in [0.4, 0.5) is 5.69 Å². The summed E-state index contributed by atoms with van der Waals surface area (Å²) in [5.74, 6) is -0.265. The zero-order chi connectivity index (χ0) is 20.1. The Labute approximate surface area is 164 Å². The third-order valence-corrected chi connectivity index (χ3v) is 4.74. The fourth-order valence-corrected chi connectivity index (χ4v) is 3.18. The number of aliphatic hydroxyl groups excluding tert-OH is 1. The first-order valence-electron chi connectivity index (χ1n) is 9.26. The van der Waals surface area contributed by atoms with Gasteiger partial charge in [0.15, 0.2) is 0 Å². The average Bonchev–Trinajstić information content (AvgIpc) is 2.71. The first-order chi connectivity index (χ1) is 13.4. The molecule has 1 atom stereocenters. The van der Waals surface area contributed by atoms with E-state index in [0.717, 1.165) is 22.0 Å². The van der Waals surface area contributed by atoms with Crippen molar-refractivity contribution in [3.63, 3.8) is 0 Å². The SMILES string of the molecule is C[C@@](O)(CCCO)CNC(=O)c1cccc(-c2cccc3c(N)ccnc23)c1. The van der Waals surface area contributed by atoms with Gasteiger partial charge in [-0.2, -0.15) is 0 Å². The minimum atomic E-state index is -1.06. The highest BCUT2D eigenvalue weighted by Crippen LogP contribution is 2.30. The lowest BCUT2D eigenvalue weighted by Crippen LogP contribution is -2.40. The summed E-state index contributed by atoms with van der Waals surface area (Å²) in [5, 5.41) is 22.8. The Balaban J connectivity index is 1.83. The molecule has 0 saturated heterocycles. The van der Waals surface area contributed by atoms with Crippen LogP contribution in [0.1, 0.15) is 30.1 Å². The van der Waals surface area contributed by atoms with Gasteiger partial charge in [-0.1, -0.05) is 30.3 Å². The van der Waals surface area contributed by atoms with E-state index in [-0.39, 0.29) is 19.1 Å². The molecule has 146 valence electrons. The Morgan fingerprint density at radius 2 is 2.00 bits per heavy atom. The number of aromatic nitrogens is 1. The van der Waals surface area contributed by atoms with Crippen LogP contribution in [0.25, 0.3) is 22.0 Å². The molecule has 0 radical (unpaired) electrons. The number of carbonyl (C=O) groups is 1. The monoisotopic (exact) mass is 379 g/mol. The summed E-state index contributed by atoms with van der Waals surface area (Å²) in [7, 11) is 0. The van der Waals surface area contributed by atoms with E-state index >= 15 is 0 Å². The van der Waals surface area contributed by atoms with E-state index in [1.807, 2.05) is 30.3 Å². The van der Waals surface area contributed by atoms with E-state index in [2.05, 4.69) is 10.3 Å². The highest BCUT2D eigenvalue weighted by atomic mass is 16.3. The van der Waals surface area contributed by atoms with Gasteiger partial charge in [0, 0.05) is 41.5 Å². The van der Waals surface area contributed by atoms with Gasteiger partial charge >= 0.3 is 0 Å². The van der Waals surface area contributed by atoms with Crippen molar-refractivity contribution in [2.24, 2.45) is 0 Å². The molecule has 3 rings (SSSR count). The topological polar surface area (TPSA) is 108 Å². The van der Waals surface area contributed by atoms with Crippen LogP contribution in [0.15, 0.2) is 54.7 Å². The van der Waals surface area contributed by atoms with Crippen molar-refractivity contribution >= 4 is 22.5 Å². The van der Waals surface area contributed by atoms with Gasteiger partial charge in [-0.25, -0.2) is 0 Å². The standard InChI is InChI=1S/C22H25N3O3/c1-22(28,10-4-12-26)14-25-21(27)16-6-2-5-15(13-16)17-7-3-8-18-19(23)9-11-24-20(17)18/h2-3,5-9,11,13,26,28H,4,10,12,14H2,1H3,(H2,23,24)(H,25,27)/t22-/m1/s1. The summed E-state index contributed by atoms with van der Waals surface area (Å²) in [6, 6.07) is 14.8. The molecule has 0 aliphatic rings. The highest BCUT2D eigenvalue weighted by Gasteiger charge is 2.21. The molecule has 1 amide bonds. The van der Waals surface area contributed by atoms with Gasteiger partial charge in [0.1, 0.15) is 0 Å². The van der Waals surface area contributed by atoms with E-state index in [9.17, 15) is 9.90 Å². The van der Waals surface area contributed by atoms with Gasteiger partial charge in [-0.3, -0.25) is 9.78 Å². The molecule has 0 saturated carbocycles. The normalized spacial score (nSPS) is 13.2. The molecule has 0 fully saturated rings. The largest absolute Gasteiger partial charge is 0.398 e. The molecular weight excluding hydrogens is 354 g/mol. The Bertz CT molecular complexity index is 986. The summed E-state index contributed by atoms with van der Waals surface area (Å²) >= 11 is 0. The Hall–Kier alpha value is -2.96. The van der Waals surface area contributed by atoms with Crippen molar-refractivity contribution in [2.75, 3.05) is 18.9 Å². The number of nitrogens with zero attached hydrogens (tertiary/aromatic N) is 1. The minimum Gasteiger partial charge on any atom is -0.398 e. The molecule has 6 nitrogen and oxygen atoms in total. The van der Waals surface area contributed by atoms with Crippen LogP contribution in [-0.2, 0) is 0 Å². The van der Waals surface area contributed by atoms with Gasteiger partial charge in [0.05, 0.1) is 11.1 Å². The number of hydrogen-bond donors (Lipinski definition) is 4. The fraction of sp³-hybridized carbons (Fsp3) is 0.273. The smallest absolute Gasteiger partial charge is 0.251 e. The van der Waals surface area contributed by atoms with Crippen LogP contribution in [-0.4, -0.2) is 39.9 Å². The van der Waals surface area contributed by atoms with Crippen molar-refractivity contribution in [1.29, 1.82) is 0 Å². The predicted molar refractivity (Wildman–Crippen MR) is 111 cm³/mol. The molecule has 0 unspecified atom stereocenters. The highest BCUT2D eigenvalue weighted by molar-refractivity contribution is 6.01. The number of pyridine rings is 1. The van der Waals surface area contributed by atoms with Crippen LogP contribution >= 0.6 is 0 Å². The van der Waals surface area contributed by atoms with Crippen LogP contribution < -0.4 is 11.1 Å². The van der Waals surface area contributed by atoms with Crippen LogP contribution in [0, 0.1) is 0 Å². The van der Waals surface area contributed by atoms with Crippen molar-refractivity contribution in [3.8, 4) is 11.1 Å². The zero-order valence-corrected chi connectivity index (χ0v) is 15.9. The molecule has 28 heavy (non-hydrogen) atoms. The number of carbonyl (C=O) groups excluding carboxylic acids is 1. The van der Waals surface area contributed by atoms with Crippen molar-refractivity contribution in [3.05, 3.63) is 60.3 Å². The van der Waals surface area contributed by atoms with E-state index in [1.165, 1.54) is 0 Å². The number of amides is 1. The molecule has 1 aromatic heterocycles. The first-order valence-corrected chi connectivity index (χ1v) is 9.26. The lowest BCUT2D eigenvalue weighted by Gasteiger charge is -2.23. The molecule has 3 aromatic rings. The maximum Gasteiger partial charge on any atom is 0.251 e. The van der Waals surface area contributed by atoms with E-state index in [4.69, 9.17) is 10.8 Å². The van der Waals surface area contributed by atoms with E-state index in [0.29, 0.717) is 24.1 Å². The fourth-order valence-electron chi connectivity index (χ4n) is 3.18. The summed E-state index contributed by atoms with van der Waals surface area (Å²) < 4.78 is 0. The second-order valence-electron chi connectivity index (χ2n) is 7.19. The second kappa shape index (κ2) is 8.37. The van der Waals surface area contributed by atoms with Crippen molar-refractivity contribution in [2.45, 2.75) is 25.4 Å². The van der Waals surface area contributed by atoms with Crippen LogP contribution in [0.2, 0.25) is 0 Å². The number of para-hydroxylation sites is 1. The third kappa shape index (κ3) is 4.47. The number of aliphatic hydroxyl groups is 2. The van der Waals surface area contributed by atoms with Gasteiger partial charge in [-0.05, 0) is 43.5 Å². The molecule has 0 aliphatic carbocycles. The Morgan fingerprint density at radius 1 is 1.21 bits per heavy atom. The maximum absolute atomic E-state index is 12.6. The van der Waals surface area contributed by atoms with Crippen molar-refractivity contribution < 1.29 is 15.0 Å². The number of nitrogens with one attached hydrogen (secondary N) is 1. The first kappa shape index (κ1) is 19.8. The van der Waals surface area contributed by atoms with Crippen LogP contribution in [0.5, 0.6) is 0 Å². The van der Waals surface area contributed by atoms with E-state index < -0.39 is 5.60 Å². The Morgan fingerprint density at radius 3 is 2.79 bits per heavy atom. The minimum absolute atomic E-state index is 0.00965. The number of anilines is 1. The molecular formula is C22H25N3O3. The van der Waals surface area contributed by atoms with Crippen molar-refractivity contribution in [1.82, 2.24) is 10.3 Å². The maximum atomic E-state index is 12.6. The number of nitrogen functional groups attached to an aromatic ring is 1. The number of benzene rings is 2. The summed E-state index contributed by atoms with van der Waals surface area (Å²) in [6.45, 7) is 1.77. The molecule has 0 spiro atoms. The summed E-state index contributed by atoms with van der Waals surface area (Å²) in [5.41, 5.74) is 8.69. The average molecular weight is 379 g/mol. The summed E-state index contributed by atoms with van der Waals surface area (Å²) in [4.78, 5) is 17.0. The molecule has 0 bridgehead atoms. The molecule has 2 aromatic carbocycles. The van der Waals surface area contributed by atoms with Gasteiger partial charge in [0.25, 0.3) is 5.91 Å². The van der Waals surface area contributed by atoms with Gasteiger partial charge in [-0.15, -0.1) is 0 Å². The van der Waals surface area contributed by atoms with E-state index in [1.54, 1.807) is 31.3 Å². The quantitative estimate of drug-likeness (QED) is 0.505. The molecule has 6 heteroatoms. The predicted octanol–water partition coefficient (Wildman–Crippen LogP) is 2.74. The number of nitrogens with two attached hydrogens (primary N) is 1. The number of hydrogen-bond acceptors (Lipinski definition) is 5. The lowest BCUT2D eigenvalue weighted by molar-refractivity contribution is 0.0415. The number of rotatable bonds is 7. The van der Waals surface area contributed by atoms with Gasteiger partial charge < -0.3 is 21.3 Å². The number of fused-ring (bicyclic) bond motifs is 1. The molecule has 0 aliphatic heterocycles.